The van der Waals surface area contributed by atoms with Crippen LogP contribution in [0, 0.1) is 0 Å². The molecule has 0 aliphatic carbocycles. The summed E-state index contributed by atoms with van der Waals surface area (Å²) in [6.07, 6.45) is -1.93. The van der Waals surface area contributed by atoms with Crippen LogP contribution < -0.4 is 0 Å². The summed E-state index contributed by atoms with van der Waals surface area (Å²) in [6, 6.07) is 0. The highest BCUT2D eigenvalue weighted by Gasteiger charge is 2.31. The molecule has 0 bridgehead atoms. The molecule has 0 aromatic rings. The Morgan fingerprint density at radius 3 is 2.00 bits per heavy atom. The van der Waals surface area contributed by atoms with Gasteiger partial charge in [-0.15, -0.1) is 0 Å². The lowest BCUT2D eigenvalue weighted by Crippen LogP contribution is -2.29. The smallest absolute Gasteiger partial charge is 0.467 e. The molecule has 0 heterocycles. The van der Waals surface area contributed by atoms with Crippen LogP contribution in [0.1, 0.15) is 0 Å². The average molecular weight is 283 g/mol. The second-order valence-corrected chi connectivity index (χ2v) is 4.83. The Bertz CT molecular complexity index is 326. The van der Waals surface area contributed by atoms with Crippen molar-refractivity contribution in [3.63, 3.8) is 0 Å². The summed E-state index contributed by atoms with van der Waals surface area (Å²) in [5.41, 5.74) is 0. The maximum absolute atomic E-state index is 10.9. The zero-order chi connectivity index (χ0) is 13.0. The number of ether oxygens (including phenoxy) is 1. The zero-order valence-corrected chi connectivity index (χ0v) is 9.71. The lowest BCUT2D eigenvalue weighted by atomic mass is 11.3. The van der Waals surface area contributed by atoms with Crippen LogP contribution in [0.25, 0.3) is 0 Å². The van der Waals surface area contributed by atoms with Crippen molar-refractivity contribution in [3.8, 4) is 0 Å². The molecular formula is C4H10O10P2. The minimum atomic E-state index is -5.00. The van der Waals surface area contributed by atoms with Gasteiger partial charge in [-0.3, -0.25) is 9.05 Å². The Balaban J connectivity index is 4.51. The number of phosphoric acid groups is 2. The van der Waals surface area contributed by atoms with E-state index in [-0.39, 0.29) is 0 Å². The van der Waals surface area contributed by atoms with Crippen LogP contribution in [0.2, 0.25) is 0 Å². The van der Waals surface area contributed by atoms with E-state index in [1.807, 2.05) is 0 Å². The standard InChI is InChI=1S/C4H10O10P2/c1-12-4(5)3(14-16(9,10)11)2-13-15(6,7)8/h3H,2H2,1H3,(H2,6,7,8)(H2,9,10,11)/i2+1,3+1,4+1. The molecule has 0 saturated heterocycles. The maximum Gasteiger partial charge on any atom is 0.470 e. The fourth-order valence-electron chi connectivity index (χ4n) is 0.603. The third-order valence-corrected chi connectivity index (χ3v) is 2.14. The van der Waals surface area contributed by atoms with Gasteiger partial charge < -0.3 is 24.3 Å². The van der Waals surface area contributed by atoms with Crippen LogP contribution in [0.15, 0.2) is 0 Å². The van der Waals surface area contributed by atoms with Crippen molar-refractivity contribution in [2.75, 3.05) is 13.7 Å². The fraction of sp³-hybridized carbons (Fsp3) is 0.750. The summed E-state index contributed by atoms with van der Waals surface area (Å²) >= 11 is 0. The molecule has 0 rings (SSSR count). The first-order chi connectivity index (χ1) is 7.05. The predicted octanol–water partition coefficient (Wildman–Crippen LogP) is -1.25. The molecule has 0 saturated carbocycles. The molecule has 1 unspecified atom stereocenters. The van der Waals surface area contributed by atoms with Crippen molar-refractivity contribution in [1.82, 2.24) is 0 Å². The summed E-state index contributed by atoms with van der Waals surface area (Å²) in [5.74, 6) is -1.24. The van der Waals surface area contributed by atoms with Crippen LogP contribution in [0.3, 0.4) is 0 Å². The van der Waals surface area contributed by atoms with E-state index in [0.717, 1.165) is 7.11 Å². The number of hydrogen-bond acceptors (Lipinski definition) is 6. The quantitative estimate of drug-likeness (QED) is 0.263. The Morgan fingerprint density at radius 2 is 1.69 bits per heavy atom. The summed E-state index contributed by atoms with van der Waals surface area (Å²) < 4.78 is 32.5. The zero-order valence-electron chi connectivity index (χ0n) is 7.92. The molecule has 0 radical (unpaired) electrons. The summed E-state index contributed by atoms with van der Waals surface area (Å²) in [5, 5.41) is 0. The first kappa shape index (κ1) is 15.7. The van der Waals surface area contributed by atoms with Gasteiger partial charge in [-0.05, 0) is 0 Å². The van der Waals surface area contributed by atoms with Gasteiger partial charge in [-0.2, -0.15) is 0 Å². The van der Waals surface area contributed by atoms with Crippen LogP contribution in [-0.2, 0) is 27.7 Å². The molecule has 12 heteroatoms. The predicted molar refractivity (Wildman–Crippen MR) is 46.9 cm³/mol. The van der Waals surface area contributed by atoms with Crippen molar-refractivity contribution < 1.29 is 47.3 Å². The fourth-order valence-corrected chi connectivity index (χ4v) is 1.41. The average Bonchev–Trinajstić information content (AvgIpc) is 2.07. The molecule has 0 aliphatic heterocycles. The van der Waals surface area contributed by atoms with E-state index >= 15 is 0 Å². The summed E-state index contributed by atoms with van der Waals surface area (Å²) in [6.45, 7) is -1.05. The minimum absolute atomic E-state index is 0.899. The summed E-state index contributed by atoms with van der Waals surface area (Å²) in [7, 11) is -8.98. The lowest BCUT2D eigenvalue weighted by Gasteiger charge is -2.16. The molecule has 96 valence electrons. The molecule has 0 spiro atoms. The van der Waals surface area contributed by atoms with Crippen LogP contribution in [0.5, 0.6) is 0 Å². The third kappa shape index (κ3) is 7.91. The highest BCUT2D eigenvalue weighted by atomic mass is 31.2. The van der Waals surface area contributed by atoms with E-state index in [2.05, 4.69) is 13.8 Å². The van der Waals surface area contributed by atoms with E-state index < -0.39 is 34.3 Å². The normalized spacial score (nSPS) is 14.6. The van der Waals surface area contributed by atoms with Crippen molar-refractivity contribution in [1.29, 1.82) is 0 Å². The van der Waals surface area contributed by atoms with Gasteiger partial charge in [0.05, 0.1) is 13.7 Å². The number of rotatable bonds is 6. The lowest BCUT2D eigenvalue weighted by molar-refractivity contribution is -0.151. The largest absolute Gasteiger partial charge is 0.470 e. The molecule has 10 nitrogen and oxygen atoms in total. The van der Waals surface area contributed by atoms with Gasteiger partial charge >= 0.3 is 21.6 Å². The van der Waals surface area contributed by atoms with Crippen molar-refractivity contribution in [3.05, 3.63) is 0 Å². The molecule has 4 N–H and O–H groups in total. The highest BCUT2D eigenvalue weighted by Crippen LogP contribution is 2.40. The number of phosphoric ester groups is 2. The Morgan fingerprint density at radius 1 is 1.19 bits per heavy atom. The second-order valence-electron chi connectivity index (χ2n) is 2.39. The van der Waals surface area contributed by atoms with E-state index in [9.17, 15) is 13.9 Å². The molecule has 1 atom stereocenters. The number of carbonyl (C=O) groups is 1. The van der Waals surface area contributed by atoms with Gasteiger partial charge in [0.2, 0.25) is 0 Å². The van der Waals surface area contributed by atoms with Crippen molar-refractivity contribution in [2.24, 2.45) is 0 Å². The van der Waals surface area contributed by atoms with Gasteiger partial charge in [0.25, 0.3) is 0 Å². The molecule has 0 aromatic carbocycles. The van der Waals surface area contributed by atoms with E-state index in [4.69, 9.17) is 19.6 Å². The van der Waals surface area contributed by atoms with Gasteiger partial charge in [-0.1, -0.05) is 0 Å². The van der Waals surface area contributed by atoms with Crippen LogP contribution in [-0.4, -0.2) is 45.4 Å². The Hall–Kier alpha value is -0.310. The number of hydrogen-bond donors (Lipinski definition) is 4. The second kappa shape index (κ2) is 5.85. The van der Waals surface area contributed by atoms with Gasteiger partial charge in [0, 0.05) is 0 Å². The molecule has 0 amide bonds. The van der Waals surface area contributed by atoms with Crippen LogP contribution >= 0.6 is 15.6 Å². The van der Waals surface area contributed by atoms with Gasteiger partial charge in [-0.25, -0.2) is 13.9 Å². The molecule has 0 aliphatic rings. The molecule has 0 aromatic heterocycles. The van der Waals surface area contributed by atoms with Gasteiger partial charge in [0.15, 0.2) is 6.10 Å². The molecule has 16 heavy (non-hydrogen) atoms. The number of esters is 1. The van der Waals surface area contributed by atoms with E-state index in [1.54, 1.807) is 0 Å². The summed E-state index contributed by atoms with van der Waals surface area (Å²) in [4.78, 5) is 44.3. The maximum atomic E-state index is 10.9. The van der Waals surface area contributed by atoms with Crippen LogP contribution in [0.4, 0.5) is 0 Å². The van der Waals surface area contributed by atoms with Crippen molar-refractivity contribution >= 4 is 21.6 Å². The topological polar surface area (TPSA) is 160 Å². The Labute approximate surface area is 89.6 Å². The number of methoxy groups -OCH3 is 1. The van der Waals surface area contributed by atoms with E-state index in [0.29, 0.717) is 0 Å². The first-order valence-electron chi connectivity index (χ1n) is 3.57. The van der Waals surface area contributed by atoms with Crippen molar-refractivity contribution in [2.45, 2.75) is 6.10 Å². The first-order valence-corrected chi connectivity index (χ1v) is 6.63. The minimum Gasteiger partial charge on any atom is -0.467 e. The third-order valence-electron chi connectivity index (χ3n) is 1.12. The molecular weight excluding hydrogens is 273 g/mol. The Kier molecular flexibility index (Phi) is 5.74. The number of carbonyl (C=O) groups excluding carboxylic acids is 1. The van der Waals surface area contributed by atoms with E-state index in [1.165, 1.54) is 0 Å². The monoisotopic (exact) mass is 283 g/mol. The van der Waals surface area contributed by atoms with Gasteiger partial charge in [0.1, 0.15) is 0 Å². The highest BCUT2D eigenvalue weighted by molar-refractivity contribution is 7.46. The molecule has 0 fully saturated rings. The SMILES string of the molecule is CO[13C](=O)[13CH]([13CH2]OP(=O)(O)O)OP(=O)(O)O.